The molecule has 1 amide bonds. The van der Waals surface area contributed by atoms with Gasteiger partial charge in [-0.15, -0.1) is 0 Å². The first-order chi connectivity index (χ1) is 12.8. The van der Waals surface area contributed by atoms with Crippen LogP contribution in [0.1, 0.15) is 43.6 Å². The smallest absolute Gasteiger partial charge is 0.233 e. The SMILES string of the molecule is CS(=O)(=O)c1ccc(C(CC2CCCC2)C(=O)Nc2ccncn2)cc1Br. The summed E-state index contributed by atoms with van der Waals surface area (Å²) in [5, 5.41) is 2.86. The quantitative estimate of drug-likeness (QED) is 0.717. The first-order valence-corrected chi connectivity index (χ1v) is 11.6. The van der Waals surface area contributed by atoms with Crippen molar-refractivity contribution in [2.24, 2.45) is 5.92 Å². The van der Waals surface area contributed by atoms with E-state index in [-0.39, 0.29) is 16.7 Å². The Morgan fingerprint density at radius 3 is 2.63 bits per heavy atom. The molecular formula is C19H22BrN3O3S. The maximum absolute atomic E-state index is 13.0. The molecule has 1 fully saturated rings. The predicted octanol–water partition coefficient (Wildman–Crippen LogP) is 3.95. The third kappa shape index (κ3) is 5.13. The van der Waals surface area contributed by atoms with Crippen molar-refractivity contribution >= 4 is 37.5 Å². The van der Waals surface area contributed by atoms with Gasteiger partial charge < -0.3 is 5.32 Å². The van der Waals surface area contributed by atoms with Crippen LogP contribution in [0.4, 0.5) is 5.82 Å². The van der Waals surface area contributed by atoms with E-state index < -0.39 is 9.84 Å². The van der Waals surface area contributed by atoms with Gasteiger partial charge in [0.2, 0.25) is 5.91 Å². The Labute approximate surface area is 167 Å². The average molecular weight is 452 g/mol. The Bertz CT molecular complexity index is 913. The van der Waals surface area contributed by atoms with Gasteiger partial charge in [-0.05, 0) is 52.0 Å². The lowest BCUT2D eigenvalue weighted by atomic mass is 9.87. The molecule has 0 aliphatic heterocycles. The molecule has 1 aliphatic rings. The van der Waals surface area contributed by atoms with E-state index in [4.69, 9.17) is 0 Å². The van der Waals surface area contributed by atoms with E-state index in [2.05, 4.69) is 31.2 Å². The minimum atomic E-state index is -3.33. The summed E-state index contributed by atoms with van der Waals surface area (Å²) in [6, 6.07) is 6.69. The number of sulfone groups is 1. The largest absolute Gasteiger partial charge is 0.310 e. The summed E-state index contributed by atoms with van der Waals surface area (Å²) in [4.78, 5) is 21.1. The lowest BCUT2D eigenvalue weighted by Crippen LogP contribution is -2.23. The second kappa shape index (κ2) is 8.48. The Balaban J connectivity index is 1.89. The molecule has 1 aliphatic carbocycles. The van der Waals surface area contributed by atoms with E-state index in [1.54, 1.807) is 30.5 Å². The molecule has 0 radical (unpaired) electrons. The molecule has 1 aromatic heterocycles. The van der Waals surface area contributed by atoms with Gasteiger partial charge in [0.15, 0.2) is 9.84 Å². The summed E-state index contributed by atoms with van der Waals surface area (Å²) < 4.78 is 24.2. The zero-order chi connectivity index (χ0) is 19.4. The predicted molar refractivity (Wildman–Crippen MR) is 107 cm³/mol. The molecule has 8 heteroatoms. The normalized spacial score (nSPS) is 16.2. The summed E-state index contributed by atoms with van der Waals surface area (Å²) >= 11 is 3.35. The summed E-state index contributed by atoms with van der Waals surface area (Å²) in [6.07, 6.45) is 9.51. The number of benzene rings is 1. The van der Waals surface area contributed by atoms with Crippen LogP contribution >= 0.6 is 15.9 Å². The highest BCUT2D eigenvalue weighted by Gasteiger charge is 2.28. The Morgan fingerprint density at radius 2 is 2.04 bits per heavy atom. The number of aromatic nitrogens is 2. The molecule has 1 saturated carbocycles. The minimum Gasteiger partial charge on any atom is -0.310 e. The highest BCUT2D eigenvalue weighted by molar-refractivity contribution is 9.10. The number of carbonyl (C=O) groups is 1. The number of anilines is 1. The second-order valence-electron chi connectivity index (χ2n) is 6.98. The molecule has 1 heterocycles. The topological polar surface area (TPSA) is 89.0 Å². The highest BCUT2D eigenvalue weighted by Crippen LogP contribution is 2.36. The first-order valence-electron chi connectivity index (χ1n) is 8.91. The fourth-order valence-corrected chi connectivity index (χ4v) is 5.59. The van der Waals surface area contributed by atoms with Gasteiger partial charge in [-0.2, -0.15) is 0 Å². The molecule has 1 aromatic carbocycles. The van der Waals surface area contributed by atoms with Crippen LogP contribution in [0.25, 0.3) is 0 Å². The van der Waals surface area contributed by atoms with Crippen LogP contribution in [-0.4, -0.2) is 30.5 Å². The first kappa shape index (κ1) is 19.9. The van der Waals surface area contributed by atoms with Gasteiger partial charge in [-0.3, -0.25) is 4.79 Å². The van der Waals surface area contributed by atoms with Crippen molar-refractivity contribution in [3.63, 3.8) is 0 Å². The molecule has 27 heavy (non-hydrogen) atoms. The van der Waals surface area contributed by atoms with Crippen molar-refractivity contribution < 1.29 is 13.2 Å². The number of carbonyl (C=O) groups excluding carboxylic acids is 1. The summed E-state index contributed by atoms with van der Waals surface area (Å²) in [5.41, 5.74) is 0.799. The monoisotopic (exact) mass is 451 g/mol. The van der Waals surface area contributed by atoms with Crippen LogP contribution in [0.2, 0.25) is 0 Å². The number of nitrogens with zero attached hydrogens (tertiary/aromatic N) is 2. The van der Waals surface area contributed by atoms with Crippen LogP contribution in [0.3, 0.4) is 0 Å². The standard InChI is InChI=1S/C19H22BrN3O3S/c1-27(25,26)17-7-6-14(11-16(17)20)15(10-13-4-2-3-5-13)19(24)23-18-8-9-21-12-22-18/h6-9,11-13,15H,2-5,10H2,1H3,(H,21,22,23,24). The molecule has 3 rings (SSSR count). The van der Waals surface area contributed by atoms with Gasteiger partial charge in [0, 0.05) is 16.9 Å². The van der Waals surface area contributed by atoms with E-state index in [0.29, 0.717) is 16.2 Å². The molecule has 0 saturated heterocycles. The maximum atomic E-state index is 13.0. The number of hydrogen-bond donors (Lipinski definition) is 1. The molecular weight excluding hydrogens is 430 g/mol. The van der Waals surface area contributed by atoms with E-state index in [9.17, 15) is 13.2 Å². The number of halogens is 1. The Kier molecular flexibility index (Phi) is 6.26. The number of rotatable bonds is 6. The summed E-state index contributed by atoms with van der Waals surface area (Å²) in [5.74, 6) is 0.449. The lowest BCUT2D eigenvalue weighted by molar-refractivity contribution is -0.118. The van der Waals surface area contributed by atoms with Crippen LogP contribution in [0.5, 0.6) is 0 Å². The van der Waals surface area contributed by atoms with Crippen molar-refractivity contribution in [2.75, 3.05) is 11.6 Å². The number of hydrogen-bond acceptors (Lipinski definition) is 5. The molecule has 144 valence electrons. The number of amides is 1. The number of nitrogens with one attached hydrogen (secondary N) is 1. The third-order valence-electron chi connectivity index (χ3n) is 4.95. The maximum Gasteiger partial charge on any atom is 0.233 e. The highest BCUT2D eigenvalue weighted by atomic mass is 79.9. The fraction of sp³-hybridized carbons (Fsp3) is 0.421. The van der Waals surface area contributed by atoms with Gasteiger partial charge >= 0.3 is 0 Å². The van der Waals surface area contributed by atoms with Crippen molar-refractivity contribution in [1.82, 2.24) is 9.97 Å². The Morgan fingerprint density at radius 1 is 1.30 bits per heavy atom. The average Bonchev–Trinajstić information content (AvgIpc) is 3.12. The molecule has 6 nitrogen and oxygen atoms in total. The van der Waals surface area contributed by atoms with Crippen molar-refractivity contribution in [3.8, 4) is 0 Å². The zero-order valence-corrected chi connectivity index (χ0v) is 17.5. The minimum absolute atomic E-state index is 0.139. The molecule has 0 spiro atoms. The van der Waals surface area contributed by atoms with Crippen molar-refractivity contribution in [2.45, 2.75) is 42.9 Å². The lowest BCUT2D eigenvalue weighted by Gasteiger charge is -2.21. The second-order valence-corrected chi connectivity index (χ2v) is 9.82. The molecule has 0 bridgehead atoms. The van der Waals surface area contributed by atoms with E-state index >= 15 is 0 Å². The van der Waals surface area contributed by atoms with E-state index in [1.165, 1.54) is 25.4 Å². The van der Waals surface area contributed by atoms with Gasteiger partial charge in [-0.25, -0.2) is 18.4 Å². The van der Waals surface area contributed by atoms with E-state index in [1.807, 2.05) is 0 Å². The van der Waals surface area contributed by atoms with Crippen molar-refractivity contribution in [3.05, 3.63) is 46.8 Å². The van der Waals surface area contributed by atoms with Crippen LogP contribution < -0.4 is 5.32 Å². The van der Waals surface area contributed by atoms with Crippen LogP contribution in [0, 0.1) is 5.92 Å². The van der Waals surface area contributed by atoms with Gasteiger partial charge in [0.1, 0.15) is 12.1 Å². The van der Waals surface area contributed by atoms with Gasteiger partial charge in [-0.1, -0.05) is 31.7 Å². The molecule has 1 unspecified atom stereocenters. The fourth-order valence-electron chi connectivity index (χ4n) is 3.59. The van der Waals surface area contributed by atoms with Gasteiger partial charge in [0.05, 0.1) is 10.8 Å². The zero-order valence-electron chi connectivity index (χ0n) is 15.1. The summed E-state index contributed by atoms with van der Waals surface area (Å²) in [7, 11) is -3.33. The van der Waals surface area contributed by atoms with E-state index in [0.717, 1.165) is 24.8 Å². The van der Waals surface area contributed by atoms with Gasteiger partial charge in [0.25, 0.3) is 0 Å². The Hall–Kier alpha value is -1.80. The van der Waals surface area contributed by atoms with Crippen LogP contribution in [-0.2, 0) is 14.6 Å². The van der Waals surface area contributed by atoms with Crippen LogP contribution in [0.15, 0.2) is 46.2 Å². The molecule has 1 N–H and O–H groups in total. The summed E-state index contributed by atoms with van der Waals surface area (Å²) in [6.45, 7) is 0. The van der Waals surface area contributed by atoms with Crippen molar-refractivity contribution in [1.29, 1.82) is 0 Å². The molecule has 1 atom stereocenters. The third-order valence-corrected chi connectivity index (χ3v) is 7.02. The molecule has 2 aromatic rings.